The number of carbonyl (C=O) groups is 2. The highest BCUT2D eigenvalue weighted by atomic mass is 19.1. The highest BCUT2D eigenvalue weighted by Gasteiger charge is 2.30. The number of piperazine rings is 1. The Kier molecular flexibility index (Phi) is 6.93. The zero-order valence-electron chi connectivity index (χ0n) is 21.6. The molecule has 200 valence electrons. The van der Waals surface area contributed by atoms with Gasteiger partial charge in [0.25, 0.3) is 11.8 Å². The van der Waals surface area contributed by atoms with Crippen LogP contribution in [0.1, 0.15) is 21.5 Å². The molecule has 0 spiro atoms. The number of nitrogens with zero attached hydrogens (tertiary/aromatic N) is 5. The molecule has 0 N–H and O–H groups in total. The second-order valence-corrected chi connectivity index (χ2v) is 9.55. The van der Waals surface area contributed by atoms with E-state index in [1.54, 1.807) is 78.0 Å². The van der Waals surface area contributed by atoms with Crippen LogP contribution < -0.4 is 14.5 Å². The maximum absolute atomic E-state index is 13.8. The maximum atomic E-state index is 13.8. The molecule has 2 aliphatic heterocycles. The monoisotopic (exact) mass is 535 g/mol. The summed E-state index contributed by atoms with van der Waals surface area (Å²) in [5, 5.41) is 0. The van der Waals surface area contributed by atoms with Crippen LogP contribution in [0.3, 0.4) is 0 Å². The Morgan fingerprint density at radius 2 is 1.65 bits per heavy atom. The normalized spacial score (nSPS) is 16.1. The van der Waals surface area contributed by atoms with Gasteiger partial charge in [0.2, 0.25) is 5.95 Å². The van der Waals surface area contributed by atoms with Crippen molar-refractivity contribution in [3.05, 3.63) is 120 Å². The largest absolute Gasteiger partial charge is 0.449 e. The first kappa shape index (κ1) is 25.2. The van der Waals surface area contributed by atoms with Gasteiger partial charge in [0.1, 0.15) is 5.82 Å². The zero-order chi connectivity index (χ0) is 27.5. The van der Waals surface area contributed by atoms with Crippen LogP contribution >= 0.6 is 0 Å². The number of aromatic nitrogens is 2. The van der Waals surface area contributed by atoms with E-state index in [4.69, 9.17) is 4.74 Å². The van der Waals surface area contributed by atoms with Crippen LogP contribution in [-0.2, 0) is 11.3 Å². The zero-order valence-corrected chi connectivity index (χ0v) is 21.6. The molecule has 4 aromatic rings. The van der Waals surface area contributed by atoms with Crippen molar-refractivity contribution in [2.45, 2.75) is 6.54 Å². The summed E-state index contributed by atoms with van der Waals surface area (Å²) >= 11 is 0. The lowest BCUT2D eigenvalue weighted by atomic mass is 10.1. The van der Waals surface area contributed by atoms with Gasteiger partial charge >= 0.3 is 0 Å². The third-order valence-electron chi connectivity index (χ3n) is 6.92. The van der Waals surface area contributed by atoms with Crippen molar-refractivity contribution < 1.29 is 18.7 Å². The van der Waals surface area contributed by atoms with Crippen molar-refractivity contribution in [2.24, 2.45) is 0 Å². The lowest BCUT2D eigenvalue weighted by molar-refractivity contribution is -0.117. The van der Waals surface area contributed by atoms with Gasteiger partial charge in [0.05, 0.1) is 12.2 Å². The summed E-state index contributed by atoms with van der Waals surface area (Å²) in [5.74, 6) is 0.619. The SMILES string of the molecule is O=C(c1ccc(/C=C2\Oc3ccccc3N(Cc3cccc(F)c3)C2=O)cc1)N1CCN(c2ncccn2)CC1. The van der Waals surface area contributed by atoms with Crippen molar-refractivity contribution in [2.75, 3.05) is 36.0 Å². The lowest BCUT2D eigenvalue weighted by Crippen LogP contribution is -2.49. The number of fused-ring (bicyclic) bond motifs is 1. The topological polar surface area (TPSA) is 78.9 Å². The van der Waals surface area contributed by atoms with Gasteiger partial charge in [-0.1, -0.05) is 36.4 Å². The Morgan fingerprint density at radius 1 is 0.900 bits per heavy atom. The third-order valence-corrected chi connectivity index (χ3v) is 6.92. The van der Waals surface area contributed by atoms with Crippen molar-refractivity contribution in [3.63, 3.8) is 0 Å². The third kappa shape index (κ3) is 5.26. The van der Waals surface area contributed by atoms with Gasteiger partial charge < -0.3 is 14.5 Å². The number of para-hydroxylation sites is 2. The summed E-state index contributed by atoms with van der Waals surface area (Å²) in [6.45, 7) is 2.67. The molecule has 1 fully saturated rings. The van der Waals surface area contributed by atoms with E-state index in [2.05, 4.69) is 14.9 Å². The minimum Gasteiger partial charge on any atom is -0.449 e. The van der Waals surface area contributed by atoms with Gasteiger partial charge in [-0.25, -0.2) is 14.4 Å². The molecule has 2 aliphatic rings. The van der Waals surface area contributed by atoms with Crippen molar-refractivity contribution in [1.29, 1.82) is 0 Å². The molecule has 0 saturated carbocycles. The molecule has 6 rings (SSSR count). The Labute approximate surface area is 231 Å². The summed E-state index contributed by atoms with van der Waals surface area (Å²) in [6.07, 6.45) is 5.08. The van der Waals surface area contributed by atoms with E-state index in [-0.39, 0.29) is 29.9 Å². The molecule has 3 heterocycles. The van der Waals surface area contributed by atoms with Crippen molar-refractivity contribution in [1.82, 2.24) is 14.9 Å². The van der Waals surface area contributed by atoms with E-state index in [9.17, 15) is 14.0 Å². The highest BCUT2D eigenvalue weighted by Crippen LogP contribution is 2.36. The average molecular weight is 536 g/mol. The minimum atomic E-state index is -0.357. The molecule has 1 saturated heterocycles. The van der Waals surface area contributed by atoms with Gasteiger partial charge in [0, 0.05) is 44.1 Å². The van der Waals surface area contributed by atoms with E-state index in [0.717, 1.165) is 5.56 Å². The van der Waals surface area contributed by atoms with Gasteiger partial charge in [-0.2, -0.15) is 0 Å². The molecule has 0 radical (unpaired) electrons. The number of ether oxygens (including phenoxy) is 1. The quantitative estimate of drug-likeness (QED) is 0.349. The molecule has 2 amide bonds. The molecule has 0 atom stereocenters. The maximum Gasteiger partial charge on any atom is 0.294 e. The lowest BCUT2D eigenvalue weighted by Gasteiger charge is -2.34. The number of carbonyl (C=O) groups excluding carboxylic acids is 2. The summed E-state index contributed by atoms with van der Waals surface area (Å²) in [4.78, 5) is 40.6. The van der Waals surface area contributed by atoms with Gasteiger partial charge in [-0.05, 0) is 59.7 Å². The summed E-state index contributed by atoms with van der Waals surface area (Å²) in [6, 6.07) is 22.3. The number of anilines is 2. The molecule has 0 aliphatic carbocycles. The average Bonchev–Trinajstić information content (AvgIpc) is 3.00. The van der Waals surface area contributed by atoms with Gasteiger partial charge in [-0.3, -0.25) is 14.5 Å². The summed E-state index contributed by atoms with van der Waals surface area (Å²) in [7, 11) is 0. The Bertz CT molecular complexity index is 1570. The number of hydrogen-bond acceptors (Lipinski definition) is 6. The summed E-state index contributed by atoms with van der Waals surface area (Å²) < 4.78 is 19.8. The fourth-order valence-electron chi connectivity index (χ4n) is 4.86. The molecule has 1 aromatic heterocycles. The van der Waals surface area contributed by atoms with Crippen LogP contribution in [-0.4, -0.2) is 52.9 Å². The first-order valence-electron chi connectivity index (χ1n) is 13.0. The van der Waals surface area contributed by atoms with E-state index >= 15 is 0 Å². The van der Waals surface area contributed by atoms with Crippen LogP contribution in [0.5, 0.6) is 5.75 Å². The Balaban J connectivity index is 1.17. The molecule has 3 aromatic carbocycles. The Hall–Kier alpha value is -5.05. The number of amides is 2. The first-order chi connectivity index (χ1) is 19.5. The van der Waals surface area contributed by atoms with Gasteiger partial charge in [-0.15, -0.1) is 0 Å². The molecule has 0 bridgehead atoms. The van der Waals surface area contributed by atoms with E-state index in [1.807, 2.05) is 17.0 Å². The van der Waals surface area contributed by atoms with Crippen LogP contribution in [0, 0.1) is 5.82 Å². The van der Waals surface area contributed by atoms with Crippen LogP contribution in [0.2, 0.25) is 0 Å². The van der Waals surface area contributed by atoms with Gasteiger partial charge in [0.15, 0.2) is 11.5 Å². The van der Waals surface area contributed by atoms with Crippen LogP contribution in [0.4, 0.5) is 16.0 Å². The number of halogens is 1. The minimum absolute atomic E-state index is 0.0481. The molecular formula is C31H26FN5O3. The molecular weight excluding hydrogens is 509 g/mol. The van der Waals surface area contributed by atoms with E-state index < -0.39 is 0 Å². The molecule has 40 heavy (non-hydrogen) atoms. The second kappa shape index (κ2) is 11.0. The van der Waals surface area contributed by atoms with E-state index in [1.165, 1.54) is 12.1 Å². The number of rotatable bonds is 5. The molecule has 0 unspecified atom stereocenters. The molecule has 9 heteroatoms. The number of benzene rings is 3. The summed E-state index contributed by atoms with van der Waals surface area (Å²) in [5.41, 5.74) is 2.58. The standard InChI is InChI=1S/C31H26FN5O3/c32-25-6-3-5-23(19-25)21-37-26-7-1-2-8-27(26)40-28(30(37)39)20-22-9-11-24(12-10-22)29(38)35-15-17-36(18-16-35)31-33-13-4-14-34-31/h1-14,19-20H,15-18,21H2/b28-20-. The van der Waals surface area contributed by atoms with E-state index in [0.29, 0.717) is 54.7 Å². The first-order valence-corrected chi connectivity index (χ1v) is 13.0. The number of hydrogen-bond donors (Lipinski definition) is 0. The predicted molar refractivity (Wildman–Crippen MR) is 149 cm³/mol. The fraction of sp³-hybridized carbons (Fsp3) is 0.161. The second-order valence-electron chi connectivity index (χ2n) is 9.55. The van der Waals surface area contributed by atoms with Crippen LogP contribution in [0.25, 0.3) is 6.08 Å². The molecule has 8 nitrogen and oxygen atoms in total. The fourth-order valence-corrected chi connectivity index (χ4v) is 4.86. The van der Waals surface area contributed by atoms with Crippen molar-refractivity contribution in [3.8, 4) is 5.75 Å². The highest BCUT2D eigenvalue weighted by molar-refractivity contribution is 6.09. The Morgan fingerprint density at radius 3 is 2.40 bits per heavy atom. The predicted octanol–water partition coefficient (Wildman–Crippen LogP) is 4.54. The van der Waals surface area contributed by atoms with Crippen LogP contribution in [0.15, 0.2) is 97.0 Å². The smallest absolute Gasteiger partial charge is 0.294 e. The van der Waals surface area contributed by atoms with Crippen molar-refractivity contribution >= 4 is 29.5 Å².